The van der Waals surface area contributed by atoms with Crippen LogP contribution in [0.15, 0.2) is 22.6 Å². The first-order chi connectivity index (χ1) is 11.9. The van der Waals surface area contributed by atoms with E-state index in [1.54, 1.807) is 33.5 Å². The molecule has 0 saturated carbocycles. The van der Waals surface area contributed by atoms with Gasteiger partial charge in [0, 0.05) is 5.56 Å². The molecule has 25 heavy (non-hydrogen) atoms. The molecule has 1 aromatic carbocycles. The number of aryl methyl sites for hydroxylation is 2. The second-order valence-electron chi connectivity index (χ2n) is 5.87. The summed E-state index contributed by atoms with van der Waals surface area (Å²) in [6.07, 6.45) is 0.205. The minimum absolute atomic E-state index is 0.0972. The van der Waals surface area contributed by atoms with E-state index in [-0.39, 0.29) is 18.4 Å². The molecule has 0 saturated heterocycles. The second kappa shape index (κ2) is 7.96. The molecule has 1 aromatic heterocycles. The molecule has 6 heteroatoms. The van der Waals surface area contributed by atoms with Gasteiger partial charge in [-0.2, -0.15) is 0 Å². The molecular weight excluding hydrogens is 322 g/mol. The van der Waals surface area contributed by atoms with Crippen molar-refractivity contribution in [2.24, 2.45) is 0 Å². The minimum Gasteiger partial charge on any atom is -0.493 e. The van der Waals surface area contributed by atoms with E-state index >= 15 is 0 Å². The fraction of sp³-hybridized carbons (Fsp3) is 0.421. The van der Waals surface area contributed by atoms with Crippen molar-refractivity contribution in [3.8, 4) is 17.2 Å². The van der Waals surface area contributed by atoms with Gasteiger partial charge >= 0.3 is 0 Å². The van der Waals surface area contributed by atoms with Crippen LogP contribution in [0.1, 0.15) is 35.6 Å². The van der Waals surface area contributed by atoms with Gasteiger partial charge in [0.05, 0.1) is 33.8 Å². The lowest BCUT2D eigenvalue weighted by Crippen LogP contribution is -2.28. The molecule has 0 fully saturated rings. The molecule has 6 nitrogen and oxygen atoms in total. The van der Waals surface area contributed by atoms with Gasteiger partial charge < -0.3 is 23.9 Å². The topological polar surface area (TPSA) is 69.9 Å². The lowest BCUT2D eigenvalue weighted by molar-refractivity contribution is -0.121. The number of nitrogens with one attached hydrogen (secondary N) is 1. The molecule has 0 aliphatic rings. The SMILES string of the molecule is COc1cc(CC(=O)N[C@H](C)c2cc(C)oc2C)cc(OC)c1OC. The molecule has 0 spiro atoms. The Morgan fingerprint density at radius 3 is 2.12 bits per heavy atom. The fourth-order valence-electron chi connectivity index (χ4n) is 2.87. The molecule has 1 N–H and O–H groups in total. The predicted octanol–water partition coefficient (Wildman–Crippen LogP) is 3.34. The molecule has 0 aliphatic carbocycles. The monoisotopic (exact) mass is 347 g/mol. The molecule has 0 aliphatic heterocycles. The Balaban J connectivity index is 2.13. The van der Waals surface area contributed by atoms with Gasteiger partial charge in [0.25, 0.3) is 0 Å². The van der Waals surface area contributed by atoms with Crippen LogP contribution in [0.3, 0.4) is 0 Å². The largest absolute Gasteiger partial charge is 0.493 e. The normalized spacial score (nSPS) is 11.8. The quantitative estimate of drug-likeness (QED) is 0.832. The number of carbonyl (C=O) groups is 1. The first kappa shape index (κ1) is 18.7. The van der Waals surface area contributed by atoms with Crippen LogP contribution in [0, 0.1) is 13.8 Å². The number of rotatable bonds is 7. The number of methoxy groups -OCH3 is 3. The van der Waals surface area contributed by atoms with Gasteiger partial charge in [-0.3, -0.25) is 4.79 Å². The van der Waals surface area contributed by atoms with Crippen molar-refractivity contribution in [3.63, 3.8) is 0 Å². The van der Waals surface area contributed by atoms with E-state index in [9.17, 15) is 4.79 Å². The summed E-state index contributed by atoms with van der Waals surface area (Å²) >= 11 is 0. The number of amides is 1. The van der Waals surface area contributed by atoms with Gasteiger partial charge in [0.2, 0.25) is 11.7 Å². The Kier molecular flexibility index (Phi) is 5.96. The Bertz CT molecular complexity index is 725. The van der Waals surface area contributed by atoms with E-state index in [1.807, 2.05) is 26.8 Å². The van der Waals surface area contributed by atoms with Crippen molar-refractivity contribution < 1.29 is 23.4 Å². The fourth-order valence-corrected chi connectivity index (χ4v) is 2.87. The van der Waals surface area contributed by atoms with Crippen LogP contribution in [0.5, 0.6) is 17.2 Å². The summed E-state index contributed by atoms with van der Waals surface area (Å²) in [6, 6.07) is 5.37. The van der Waals surface area contributed by atoms with E-state index in [0.29, 0.717) is 17.2 Å². The Hall–Kier alpha value is -2.63. The lowest BCUT2D eigenvalue weighted by Gasteiger charge is -2.16. The third-order valence-corrected chi connectivity index (χ3v) is 4.01. The van der Waals surface area contributed by atoms with Crippen LogP contribution in [0.4, 0.5) is 0 Å². The first-order valence-corrected chi connectivity index (χ1v) is 8.04. The van der Waals surface area contributed by atoms with Gasteiger partial charge in [-0.05, 0) is 44.5 Å². The number of benzene rings is 1. The van der Waals surface area contributed by atoms with Crippen LogP contribution >= 0.6 is 0 Å². The molecule has 2 rings (SSSR count). The van der Waals surface area contributed by atoms with E-state index < -0.39 is 0 Å². The lowest BCUT2D eigenvalue weighted by atomic mass is 10.1. The Morgan fingerprint density at radius 2 is 1.68 bits per heavy atom. The van der Waals surface area contributed by atoms with Crippen molar-refractivity contribution in [2.75, 3.05) is 21.3 Å². The number of hydrogen-bond acceptors (Lipinski definition) is 5. The van der Waals surface area contributed by atoms with Crippen molar-refractivity contribution in [2.45, 2.75) is 33.2 Å². The molecule has 1 atom stereocenters. The standard InChI is InChI=1S/C19H25NO5/c1-11-7-15(13(3)25-11)12(2)20-18(21)10-14-8-16(22-4)19(24-6)17(9-14)23-5/h7-9,12H,10H2,1-6H3,(H,20,21)/t12-/m1/s1. The second-order valence-corrected chi connectivity index (χ2v) is 5.87. The van der Waals surface area contributed by atoms with Gasteiger partial charge in [-0.15, -0.1) is 0 Å². The molecule has 136 valence electrons. The molecule has 0 unspecified atom stereocenters. The third kappa shape index (κ3) is 4.26. The summed E-state index contributed by atoms with van der Waals surface area (Å²) in [5, 5.41) is 2.99. The highest BCUT2D eigenvalue weighted by Gasteiger charge is 2.18. The highest BCUT2D eigenvalue weighted by atomic mass is 16.5. The summed E-state index contributed by atoms with van der Waals surface area (Å²) in [4.78, 5) is 12.4. The zero-order valence-corrected chi connectivity index (χ0v) is 15.6. The number of carbonyl (C=O) groups excluding carboxylic acids is 1. The predicted molar refractivity (Wildman–Crippen MR) is 94.5 cm³/mol. The maximum atomic E-state index is 12.4. The van der Waals surface area contributed by atoms with E-state index in [0.717, 1.165) is 22.6 Å². The van der Waals surface area contributed by atoms with Crippen LogP contribution in [-0.2, 0) is 11.2 Å². The number of hydrogen-bond donors (Lipinski definition) is 1. The van der Waals surface area contributed by atoms with E-state index in [1.165, 1.54) is 0 Å². The molecule has 0 radical (unpaired) electrons. The summed E-state index contributed by atoms with van der Waals surface area (Å²) in [6.45, 7) is 5.72. The smallest absolute Gasteiger partial charge is 0.224 e. The summed E-state index contributed by atoms with van der Waals surface area (Å²) < 4.78 is 21.5. The van der Waals surface area contributed by atoms with Gasteiger partial charge in [0.15, 0.2) is 11.5 Å². The van der Waals surface area contributed by atoms with E-state index in [2.05, 4.69) is 5.32 Å². The molecule has 1 heterocycles. The first-order valence-electron chi connectivity index (χ1n) is 8.04. The maximum absolute atomic E-state index is 12.4. The molecule has 1 amide bonds. The summed E-state index contributed by atoms with van der Waals surface area (Å²) in [5.74, 6) is 3.11. The highest BCUT2D eigenvalue weighted by Crippen LogP contribution is 2.38. The van der Waals surface area contributed by atoms with Crippen LogP contribution in [0.2, 0.25) is 0 Å². The maximum Gasteiger partial charge on any atom is 0.224 e. The van der Waals surface area contributed by atoms with Gasteiger partial charge in [-0.25, -0.2) is 0 Å². The average Bonchev–Trinajstić information content (AvgIpc) is 2.92. The average molecular weight is 347 g/mol. The number of ether oxygens (including phenoxy) is 3. The van der Waals surface area contributed by atoms with E-state index in [4.69, 9.17) is 18.6 Å². The summed E-state index contributed by atoms with van der Waals surface area (Å²) in [5.41, 5.74) is 1.76. The third-order valence-electron chi connectivity index (χ3n) is 4.01. The van der Waals surface area contributed by atoms with Crippen LogP contribution < -0.4 is 19.5 Å². The Labute approximate surface area is 148 Å². The molecule has 0 bridgehead atoms. The minimum atomic E-state index is -0.132. The Morgan fingerprint density at radius 1 is 1.08 bits per heavy atom. The highest BCUT2D eigenvalue weighted by molar-refractivity contribution is 5.79. The number of furan rings is 1. The van der Waals surface area contributed by atoms with Crippen LogP contribution in [-0.4, -0.2) is 27.2 Å². The molecular formula is C19H25NO5. The van der Waals surface area contributed by atoms with Crippen molar-refractivity contribution in [3.05, 3.63) is 40.8 Å². The molecule has 2 aromatic rings. The zero-order chi connectivity index (χ0) is 18.6. The van der Waals surface area contributed by atoms with Crippen molar-refractivity contribution in [1.82, 2.24) is 5.32 Å². The van der Waals surface area contributed by atoms with Crippen LogP contribution in [0.25, 0.3) is 0 Å². The zero-order valence-electron chi connectivity index (χ0n) is 15.6. The van der Waals surface area contributed by atoms with Gasteiger partial charge in [-0.1, -0.05) is 0 Å². The van der Waals surface area contributed by atoms with Crippen molar-refractivity contribution in [1.29, 1.82) is 0 Å². The summed E-state index contributed by atoms with van der Waals surface area (Å²) in [7, 11) is 4.64. The van der Waals surface area contributed by atoms with Gasteiger partial charge in [0.1, 0.15) is 11.5 Å². The van der Waals surface area contributed by atoms with Crippen molar-refractivity contribution >= 4 is 5.91 Å².